The van der Waals surface area contributed by atoms with Crippen molar-refractivity contribution in [3.63, 3.8) is 0 Å². The number of nitrogens with one attached hydrogen (secondary N) is 2. The highest BCUT2D eigenvalue weighted by Crippen LogP contribution is 2.23. The van der Waals surface area contributed by atoms with Gasteiger partial charge in [0.15, 0.2) is 0 Å². The maximum absolute atomic E-state index is 12.6. The highest BCUT2D eigenvalue weighted by molar-refractivity contribution is 7.89. The van der Waals surface area contributed by atoms with E-state index in [1.165, 1.54) is 13.1 Å². The fourth-order valence-electron chi connectivity index (χ4n) is 2.79. The second kappa shape index (κ2) is 10.1. The first-order chi connectivity index (χ1) is 13.4. The minimum Gasteiger partial charge on any atom is -0.311 e. The van der Waals surface area contributed by atoms with E-state index in [2.05, 4.69) is 33.5 Å². The number of aromatic nitrogens is 2. The molecule has 0 bridgehead atoms. The maximum Gasteiger partial charge on any atom is 0.242 e. The van der Waals surface area contributed by atoms with Gasteiger partial charge in [-0.15, -0.1) is 6.58 Å². The van der Waals surface area contributed by atoms with Crippen LogP contribution < -0.4 is 10.0 Å². The molecule has 2 aromatic heterocycles. The van der Waals surface area contributed by atoms with E-state index < -0.39 is 10.0 Å². The Kier molecular flexibility index (Phi) is 7.83. The lowest BCUT2D eigenvalue weighted by molar-refractivity contribution is -0.114. The van der Waals surface area contributed by atoms with Crippen LogP contribution in [0, 0.1) is 5.92 Å². The van der Waals surface area contributed by atoms with E-state index in [9.17, 15) is 13.2 Å². The Labute approximate surface area is 166 Å². The van der Waals surface area contributed by atoms with E-state index >= 15 is 0 Å². The van der Waals surface area contributed by atoms with Crippen LogP contribution in [-0.2, 0) is 14.8 Å². The predicted octanol–water partition coefficient (Wildman–Crippen LogP) is 3.37. The summed E-state index contributed by atoms with van der Waals surface area (Å²) in [5.41, 5.74) is 1.33. The van der Waals surface area contributed by atoms with Gasteiger partial charge in [0, 0.05) is 37.6 Å². The number of rotatable bonds is 10. The van der Waals surface area contributed by atoms with E-state index in [1.54, 1.807) is 30.6 Å². The van der Waals surface area contributed by atoms with Gasteiger partial charge in [-0.3, -0.25) is 9.78 Å². The summed E-state index contributed by atoms with van der Waals surface area (Å²) in [5, 5.41) is 2.61. The van der Waals surface area contributed by atoms with Gasteiger partial charge in [-0.05, 0) is 42.5 Å². The molecule has 1 amide bonds. The van der Waals surface area contributed by atoms with Crippen LogP contribution in [0.2, 0.25) is 0 Å². The Balaban J connectivity index is 2.15. The molecule has 8 heteroatoms. The Bertz CT molecular complexity index is 929. The van der Waals surface area contributed by atoms with Gasteiger partial charge in [0.1, 0.15) is 10.7 Å². The molecule has 1 unspecified atom stereocenters. The van der Waals surface area contributed by atoms with Crippen LogP contribution in [0.5, 0.6) is 0 Å². The average molecular weight is 403 g/mol. The lowest BCUT2D eigenvalue weighted by Crippen LogP contribution is -2.26. The third-order valence-corrected chi connectivity index (χ3v) is 5.77. The monoisotopic (exact) mass is 402 g/mol. The number of hydrogen-bond donors (Lipinski definition) is 2. The Morgan fingerprint density at radius 3 is 2.75 bits per heavy atom. The average Bonchev–Trinajstić information content (AvgIpc) is 2.67. The van der Waals surface area contributed by atoms with Crippen LogP contribution in [0.1, 0.15) is 33.1 Å². The molecular weight excluding hydrogens is 376 g/mol. The molecule has 0 aliphatic carbocycles. The van der Waals surface area contributed by atoms with Gasteiger partial charge in [-0.1, -0.05) is 19.4 Å². The fourth-order valence-corrected chi connectivity index (χ4v) is 3.82. The number of amides is 1. The lowest BCUT2D eigenvalue weighted by Gasteiger charge is -2.13. The third-order valence-electron chi connectivity index (χ3n) is 4.34. The van der Waals surface area contributed by atoms with Crippen molar-refractivity contribution < 1.29 is 13.2 Å². The normalized spacial score (nSPS) is 12.4. The van der Waals surface area contributed by atoms with Gasteiger partial charge in [0.2, 0.25) is 15.9 Å². The Morgan fingerprint density at radius 2 is 2.07 bits per heavy atom. The smallest absolute Gasteiger partial charge is 0.242 e. The highest BCUT2D eigenvalue weighted by atomic mass is 32.2. The first kappa shape index (κ1) is 21.7. The van der Waals surface area contributed by atoms with Crippen molar-refractivity contribution in [3.8, 4) is 11.1 Å². The molecule has 0 fully saturated rings. The molecule has 2 aromatic rings. The molecular formula is C20H26N4O3S. The molecule has 28 heavy (non-hydrogen) atoms. The molecule has 2 N–H and O–H groups in total. The largest absolute Gasteiger partial charge is 0.311 e. The number of sulfonamides is 1. The molecule has 1 atom stereocenters. The van der Waals surface area contributed by atoms with Gasteiger partial charge in [-0.2, -0.15) is 0 Å². The molecule has 0 saturated heterocycles. The zero-order valence-electron chi connectivity index (χ0n) is 16.2. The minimum absolute atomic E-state index is 0.0969. The van der Waals surface area contributed by atoms with Crippen molar-refractivity contribution >= 4 is 21.7 Å². The van der Waals surface area contributed by atoms with Crippen LogP contribution in [0.3, 0.4) is 0 Å². The Hall–Kier alpha value is -2.58. The van der Waals surface area contributed by atoms with Crippen molar-refractivity contribution in [3.05, 3.63) is 49.4 Å². The molecule has 2 rings (SSSR count). The third kappa shape index (κ3) is 6.24. The first-order valence-electron chi connectivity index (χ1n) is 9.15. The number of pyridine rings is 2. The van der Waals surface area contributed by atoms with Crippen molar-refractivity contribution in [2.45, 2.75) is 38.0 Å². The minimum atomic E-state index is -3.66. The number of carbonyl (C=O) groups is 1. The van der Waals surface area contributed by atoms with Crippen molar-refractivity contribution in [2.24, 2.45) is 5.92 Å². The molecule has 0 spiro atoms. The van der Waals surface area contributed by atoms with Gasteiger partial charge in [0.05, 0.1) is 0 Å². The molecule has 0 aliphatic heterocycles. The highest BCUT2D eigenvalue weighted by Gasteiger charge is 2.16. The van der Waals surface area contributed by atoms with E-state index in [4.69, 9.17) is 0 Å². The van der Waals surface area contributed by atoms with Crippen LogP contribution in [0.25, 0.3) is 11.1 Å². The Morgan fingerprint density at radius 1 is 1.29 bits per heavy atom. The quantitative estimate of drug-likeness (QED) is 0.593. The van der Waals surface area contributed by atoms with Crippen LogP contribution in [0.4, 0.5) is 5.82 Å². The summed E-state index contributed by atoms with van der Waals surface area (Å²) in [7, 11) is -3.66. The summed E-state index contributed by atoms with van der Waals surface area (Å²) in [5.74, 6) is 0.572. The summed E-state index contributed by atoms with van der Waals surface area (Å²) in [6, 6.07) is 4.96. The zero-order valence-corrected chi connectivity index (χ0v) is 17.0. The predicted molar refractivity (Wildman–Crippen MR) is 110 cm³/mol. The maximum atomic E-state index is 12.6. The summed E-state index contributed by atoms with van der Waals surface area (Å²) >= 11 is 0. The molecule has 0 saturated carbocycles. The van der Waals surface area contributed by atoms with Crippen molar-refractivity contribution in [1.82, 2.24) is 14.7 Å². The first-order valence-corrected chi connectivity index (χ1v) is 10.6. The molecule has 7 nitrogen and oxygen atoms in total. The summed E-state index contributed by atoms with van der Waals surface area (Å²) < 4.78 is 27.9. The second-order valence-electron chi connectivity index (χ2n) is 6.51. The fraction of sp³-hybridized carbons (Fsp3) is 0.350. The van der Waals surface area contributed by atoms with Crippen molar-refractivity contribution in [1.29, 1.82) is 0 Å². The zero-order chi connectivity index (χ0) is 20.6. The second-order valence-corrected chi connectivity index (χ2v) is 8.27. The molecule has 2 heterocycles. The summed E-state index contributed by atoms with van der Waals surface area (Å²) in [6.07, 6.45) is 8.90. The van der Waals surface area contributed by atoms with Gasteiger partial charge in [0.25, 0.3) is 0 Å². The molecule has 0 radical (unpaired) electrons. The van der Waals surface area contributed by atoms with Gasteiger partial charge >= 0.3 is 0 Å². The summed E-state index contributed by atoms with van der Waals surface area (Å²) in [6.45, 7) is 7.58. The standard InChI is InChI=1S/C20H26N4O3S/c1-4-6-16(5-2)7-10-23-28(26,27)19-11-18(13-21-14-19)17-8-9-22-20(12-17)24-15(3)25/h4,8-9,11-14,16,23H,1,5-7,10H2,2-3H3,(H,22,24,25). The number of allylic oxidation sites excluding steroid dienone is 1. The number of hydrogen-bond acceptors (Lipinski definition) is 5. The van der Waals surface area contributed by atoms with Gasteiger partial charge in [-0.25, -0.2) is 18.1 Å². The SMILES string of the molecule is C=CCC(CC)CCNS(=O)(=O)c1cncc(-c2ccnc(NC(C)=O)c2)c1. The van der Waals surface area contributed by atoms with Crippen molar-refractivity contribution in [2.75, 3.05) is 11.9 Å². The number of anilines is 1. The van der Waals surface area contributed by atoms with Gasteiger partial charge < -0.3 is 5.32 Å². The molecule has 0 aliphatic rings. The molecule has 0 aromatic carbocycles. The van der Waals surface area contributed by atoms with Crippen LogP contribution in [0.15, 0.2) is 54.3 Å². The topological polar surface area (TPSA) is 101 Å². The number of carbonyl (C=O) groups excluding carboxylic acids is 1. The lowest BCUT2D eigenvalue weighted by atomic mass is 9.99. The van der Waals surface area contributed by atoms with E-state index in [0.717, 1.165) is 19.3 Å². The summed E-state index contributed by atoms with van der Waals surface area (Å²) in [4.78, 5) is 19.4. The van der Waals surface area contributed by atoms with Crippen LogP contribution >= 0.6 is 0 Å². The molecule has 150 valence electrons. The van der Waals surface area contributed by atoms with E-state index in [1.807, 2.05) is 6.08 Å². The number of nitrogens with zero attached hydrogens (tertiary/aromatic N) is 2. The van der Waals surface area contributed by atoms with E-state index in [0.29, 0.717) is 29.4 Å². The van der Waals surface area contributed by atoms with Crippen LogP contribution in [-0.4, -0.2) is 30.8 Å². The van der Waals surface area contributed by atoms with E-state index in [-0.39, 0.29) is 10.8 Å².